The Balaban J connectivity index is 0.000000128. The zero-order valence-corrected chi connectivity index (χ0v) is 62.8. The molecule has 0 aromatic heterocycles. The van der Waals surface area contributed by atoms with Crippen molar-refractivity contribution in [3.05, 3.63) is 218 Å². The zero-order chi connectivity index (χ0) is 76.9. The van der Waals surface area contributed by atoms with Crippen molar-refractivity contribution in [1.82, 2.24) is 0 Å². The number of nitrogens with zero attached hydrogens (tertiary/aromatic N) is 3. The van der Waals surface area contributed by atoms with Crippen LogP contribution in [0.15, 0.2) is 146 Å². The van der Waals surface area contributed by atoms with Gasteiger partial charge in [0.05, 0.1) is 32.0 Å². The summed E-state index contributed by atoms with van der Waals surface area (Å²) < 4.78 is 107. The molecule has 109 heavy (non-hydrogen) atoms. The number of rotatable bonds is 17. The lowest BCUT2D eigenvalue weighted by Crippen LogP contribution is -2.18. The van der Waals surface area contributed by atoms with Crippen molar-refractivity contribution in [1.29, 1.82) is 0 Å². The van der Waals surface area contributed by atoms with Crippen LogP contribution in [0.1, 0.15) is 113 Å². The summed E-state index contributed by atoms with van der Waals surface area (Å²) in [7, 11) is 12.0. The Kier molecular flexibility index (Phi) is 22.4. The second-order valence-corrected chi connectivity index (χ2v) is 27.9. The van der Waals surface area contributed by atoms with E-state index in [0.717, 1.165) is 142 Å². The average Bonchev–Trinajstić information content (AvgIpc) is 1.75. The van der Waals surface area contributed by atoms with Gasteiger partial charge in [-0.05, 0) is 214 Å². The molecule has 4 aliphatic carbocycles. The number of carbonyl (C=O) groups excluding carboxylic acids is 4. The second kappa shape index (κ2) is 32.3. The van der Waals surface area contributed by atoms with Gasteiger partial charge in [0.2, 0.25) is 20.4 Å². The highest BCUT2D eigenvalue weighted by Crippen LogP contribution is 2.49. The van der Waals surface area contributed by atoms with Crippen molar-refractivity contribution >= 4 is 62.5 Å². The topological polar surface area (TPSA) is 189 Å². The number of ether oxygens (including phenoxy) is 12. The molecule has 16 rings (SSSR count). The van der Waals surface area contributed by atoms with Crippen LogP contribution < -0.4 is 71.5 Å². The van der Waals surface area contributed by atoms with Crippen molar-refractivity contribution in [2.75, 3.05) is 117 Å². The van der Waals surface area contributed by atoms with E-state index in [2.05, 4.69) is 20.8 Å². The summed E-state index contributed by atoms with van der Waals surface area (Å²) in [5, 5.41) is 0. The van der Waals surface area contributed by atoms with E-state index >= 15 is 0 Å². The third-order valence-corrected chi connectivity index (χ3v) is 19.0. The minimum Gasteiger partial charge on any atom is -0.493 e. The summed E-state index contributed by atoms with van der Waals surface area (Å²) >= 11 is 0. The smallest absolute Gasteiger partial charge is 0.416 e. The van der Waals surface area contributed by atoms with E-state index in [4.69, 9.17) is 56.8 Å². The molecule has 8 aliphatic rings. The number of carbonyl (C=O) groups is 4. The highest BCUT2D eigenvalue weighted by molar-refractivity contribution is 6.09. The molecule has 22 heteroatoms. The fraction of sp³-hybridized carbons (Fsp3) is 0.310. The molecule has 0 fully saturated rings. The molecule has 8 aromatic carbocycles. The molecule has 19 nitrogen and oxygen atoms in total. The quantitative estimate of drug-likeness (QED) is 0.0836. The molecule has 566 valence electrons. The van der Waals surface area contributed by atoms with E-state index in [1.807, 2.05) is 155 Å². The van der Waals surface area contributed by atoms with Crippen LogP contribution >= 0.6 is 0 Å². The summed E-state index contributed by atoms with van der Waals surface area (Å²) in [6, 6.07) is 36.8. The number of hydrogen-bond donors (Lipinski definition) is 0. The normalized spacial score (nSPS) is 15.0. The molecule has 0 saturated carbocycles. The Morgan fingerprint density at radius 1 is 0.367 bits per heavy atom. The number of benzene rings is 8. The fourth-order valence-corrected chi connectivity index (χ4v) is 13.7. The van der Waals surface area contributed by atoms with Gasteiger partial charge in [-0.2, -0.15) is 13.2 Å². The molecular formula is C87H86F3N3O16. The number of hydrogen-bond acceptors (Lipinski definition) is 19. The first kappa shape index (κ1) is 75.4. The van der Waals surface area contributed by atoms with Crippen LogP contribution in [-0.2, 0) is 51.0 Å². The maximum Gasteiger partial charge on any atom is 0.416 e. The Hall–Kier alpha value is -11.8. The van der Waals surface area contributed by atoms with Crippen LogP contribution in [0.25, 0.3) is 22.3 Å². The van der Waals surface area contributed by atoms with E-state index < -0.39 is 11.7 Å². The zero-order valence-electron chi connectivity index (χ0n) is 62.8. The number of allylic oxidation sites excluding steroid dienone is 4. The van der Waals surface area contributed by atoms with E-state index in [1.54, 1.807) is 37.3 Å². The van der Waals surface area contributed by atoms with Crippen molar-refractivity contribution < 1.29 is 89.2 Å². The van der Waals surface area contributed by atoms with E-state index in [1.165, 1.54) is 12.1 Å². The first-order chi connectivity index (χ1) is 52.4. The van der Waals surface area contributed by atoms with Crippen molar-refractivity contribution in [2.24, 2.45) is 5.92 Å². The predicted molar refractivity (Wildman–Crippen MR) is 410 cm³/mol. The first-order valence-corrected chi connectivity index (χ1v) is 36.3. The predicted octanol–water partition coefficient (Wildman–Crippen LogP) is 15.8. The molecule has 8 aromatic rings. The van der Waals surface area contributed by atoms with Gasteiger partial charge < -0.3 is 71.5 Å². The third kappa shape index (κ3) is 16.7. The van der Waals surface area contributed by atoms with E-state index in [-0.39, 0.29) is 62.3 Å². The Bertz CT molecular complexity index is 5030. The Labute approximate surface area is 631 Å². The minimum absolute atomic E-state index is 0.0767. The number of alkyl halides is 3. The molecule has 4 aliphatic heterocycles. The lowest BCUT2D eigenvalue weighted by Gasteiger charge is -2.25. The SMILES string of the molecule is CC(C)COc1cc(N(C)C)ccc1C1=CC(=O)Cc2cc3c(cc21)OCO3.CCCOc1cc(N(C)C)ccc1C1=CC(=O)Cc2cc3c(cc21)OCO3.CCOc1cc(C(F)(F)F)ccc1C1=CC(=O)Cc2cc3c(cc21)OCO3.CCOc1cc(N(C)C)ccc1C1=CC(=O)Cc2cc3c(cc21)OCCO3. The summed E-state index contributed by atoms with van der Waals surface area (Å²) in [4.78, 5) is 55.6. The average molecular weight is 1490 g/mol. The van der Waals surface area contributed by atoms with Crippen LogP contribution in [0.3, 0.4) is 0 Å². The van der Waals surface area contributed by atoms with Crippen LogP contribution in [0.4, 0.5) is 30.2 Å². The molecule has 0 unspecified atom stereocenters. The summed E-state index contributed by atoms with van der Waals surface area (Å²) in [6.07, 6.45) is 4.33. The lowest BCUT2D eigenvalue weighted by molar-refractivity contribution is -0.137. The van der Waals surface area contributed by atoms with Crippen molar-refractivity contribution in [3.63, 3.8) is 0 Å². The lowest BCUT2D eigenvalue weighted by atomic mass is 9.85. The summed E-state index contributed by atoms with van der Waals surface area (Å²) in [6.45, 7) is 13.5. The number of fused-ring (bicyclic) bond motifs is 8. The van der Waals surface area contributed by atoms with Gasteiger partial charge in [0.1, 0.15) is 36.2 Å². The third-order valence-electron chi connectivity index (χ3n) is 19.0. The summed E-state index contributed by atoms with van der Waals surface area (Å²) in [5.74, 6) is 8.28. The van der Waals surface area contributed by atoms with Gasteiger partial charge in [0.15, 0.2) is 69.1 Å². The van der Waals surface area contributed by atoms with Gasteiger partial charge in [0, 0.05) is 125 Å². The van der Waals surface area contributed by atoms with Gasteiger partial charge in [-0.25, -0.2) is 0 Å². The van der Waals surface area contributed by atoms with Crippen LogP contribution in [0, 0.1) is 5.92 Å². The standard InChI is InChI=1S/C23H25NO4.2C22H23NO4.C20H15F3O4/c1-14(2)12-26-21-9-16(24(3)4)5-6-18(21)20-10-17(25)7-15-8-22-23(11-19(15)20)28-13-27-22;1-4-25-20-11-15(23(2)3)5-6-17(20)19-12-16(24)9-14-10-21-22(13-18(14)19)27-8-7-26-21;1-4-7-25-20-10-15(23(2)3)5-6-17(20)19-11-16(24)8-14-9-21-22(12-18(14)19)27-13-26-21;1-2-25-17-7-12(20(21,22)23)3-4-14(17)16-8-13(24)5-11-6-18-19(9-15(11)16)27-10-26-18/h5-6,8-11,14H,7,12-13H2,1-4H3;5-6,10-13H,4,7-9H2,1-3H3;5-6,9-12H,4,7-8,13H2,1-3H3;3-4,6-9H,2,5,10H2,1H3. The fourth-order valence-electron chi connectivity index (χ4n) is 13.7. The van der Waals surface area contributed by atoms with Gasteiger partial charge in [0.25, 0.3) is 0 Å². The second-order valence-electron chi connectivity index (χ2n) is 27.9. The molecule has 0 bridgehead atoms. The maximum absolute atomic E-state index is 13.1. The van der Waals surface area contributed by atoms with E-state index in [9.17, 15) is 32.3 Å². The molecule has 4 heterocycles. The number of halogens is 3. The highest BCUT2D eigenvalue weighted by Gasteiger charge is 2.35. The maximum atomic E-state index is 13.1. The Morgan fingerprint density at radius 3 is 0.972 bits per heavy atom. The molecule has 0 spiro atoms. The molecule has 0 atom stereocenters. The van der Waals surface area contributed by atoms with Crippen molar-refractivity contribution in [3.8, 4) is 69.0 Å². The first-order valence-electron chi connectivity index (χ1n) is 36.3. The van der Waals surface area contributed by atoms with Crippen LogP contribution in [0.5, 0.6) is 69.0 Å². The number of anilines is 3. The van der Waals surface area contributed by atoms with Crippen LogP contribution in [0.2, 0.25) is 0 Å². The largest absolute Gasteiger partial charge is 0.493 e. The molecule has 0 saturated heterocycles. The summed E-state index contributed by atoms with van der Waals surface area (Å²) in [5.41, 5.74) is 16.0. The number of ketones is 4. The minimum atomic E-state index is -4.48. The van der Waals surface area contributed by atoms with E-state index in [0.29, 0.717) is 104 Å². The molecule has 0 amide bonds. The Morgan fingerprint density at radius 2 is 0.661 bits per heavy atom. The van der Waals surface area contributed by atoms with Gasteiger partial charge in [-0.3, -0.25) is 19.2 Å². The monoisotopic (exact) mass is 1490 g/mol. The van der Waals surface area contributed by atoms with Gasteiger partial charge >= 0.3 is 6.18 Å². The van der Waals surface area contributed by atoms with Crippen molar-refractivity contribution in [2.45, 2.75) is 72.9 Å². The molecule has 0 N–H and O–H groups in total. The molecule has 0 radical (unpaired) electrons. The van der Waals surface area contributed by atoms with Crippen LogP contribution in [-0.4, -0.2) is 125 Å². The van der Waals surface area contributed by atoms with Gasteiger partial charge in [-0.15, -0.1) is 0 Å². The molecular weight excluding hydrogens is 1400 g/mol. The highest BCUT2D eigenvalue weighted by atomic mass is 19.4. The van der Waals surface area contributed by atoms with Gasteiger partial charge in [-0.1, -0.05) is 26.8 Å².